The topological polar surface area (TPSA) is 103 Å². The molecule has 9 heteroatoms. The molecule has 4 heterocycles. The Morgan fingerprint density at radius 3 is 2.46 bits per heavy atom. The summed E-state index contributed by atoms with van der Waals surface area (Å²) in [5.41, 5.74) is 11.6. The fraction of sp³-hybridized carbons (Fsp3) is 0.321. The number of hydrogen-bond acceptors (Lipinski definition) is 7. The van der Waals surface area contributed by atoms with Gasteiger partial charge in [-0.15, -0.1) is 0 Å². The van der Waals surface area contributed by atoms with E-state index < -0.39 is 11.9 Å². The molecule has 2 saturated heterocycles. The minimum atomic E-state index is -0.644. The van der Waals surface area contributed by atoms with Crippen molar-refractivity contribution in [3.05, 3.63) is 66.0 Å². The molecule has 0 saturated carbocycles. The van der Waals surface area contributed by atoms with Gasteiger partial charge in [0.25, 0.3) is 0 Å². The molecular formula is C28H30FN3O4S. The summed E-state index contributed by atoms with van der Waals surface area (Å²) in [5, 5.41) is 9.91. The molecule has 6 rings (SSSR count). The van der Waals surface area contributed by atoms with Crippen LogP contribution in [0.1, 0.15) is 5.56 Å². The maximum atomic E-state index is 15.1. The Morgan fingerprint density at radius 2 is 1.73 bits per heavy atom. The number of benzene rings is 2. The number of aromatic amines is 1. The molecule has 4 aromatic rings. The van der Waals surface area contributed by atoms with Crippen molar-refractivity contribution in [1.29, 1.82) is 0 Å². The molecule has 7 nitrogen and oxygen atoms in total. The van der Waals surface area contributed by atoms with Crippen LogP contribution in [0.3, 0.4) is 0 Å². The van der Waals surface area contributed by atoms with E-state index in [1.807, 2.05) is 61.9 Å². The van der Waals surface area contributed by atoms with Crippen molar-refractivity contribution in [3.63, 3.8) is 0 Å². The van der Waals surface area contributed by atoms with Crippen LogP contribution in [0.25, 0.3) is 33.4 Å². The van der Waals surface area contributed by atoms with Gasteiger partial charge in [0.1, 0.15) is 24.0 Å². The largest absolute Gasteiger partial charge is 0.470 e. The second-order valence-corrected chi connectivity index (χ2v) is 10.1. The van der Waals surface area contributed by atoms with Crippen LogP contribution in [0.15, 0.2) is 54.6 Å². The zero-order valence-corrected chi connectivity index (χ0v) is 21.7. The normalized spacial score (nSPS) is 22.5. The van der Waals surface area contributed by atoms with Gasteiger partial charge in [0.15, 0.2) is 17.8 Å². The lowest BCUT2D eigenvalue weighted by Crippen LogP contribution is -2.34. The number of aromatic nitrogens is 2. The van der Waals surface area contributed by atoms with Gasteiger partial charge in [0.2, 0.25) is 0 Å². The van der Waals surface area contributed by atoms with Crippen molar-refractivity contribution in [1.82, 2.24) is 9.97 Å². The average Bonchev–Trinajstić information content (AvgIpc) is 3.56. The van der Waals surface area contributed by atoms with Crippen molar-refractivity contribution in [3.8, 4) is 28.3 Å². The summed E-state index contributed by atoms with van der Waals surface area (Å²) in [6.07, 6.45) is 2.37. The van der Waals surface area contributed by atoms with Gasteiger partial charge < -0.3 is 30.0 Å². The van der Waals surface area contributed by atoms with Crippen molar-refractivity contribution in [2.45, 2.75) is 31.3 Å². The number of rotatable bonds is 4. The zero-order chi connectivity index (χ0) is 26.1. The second kappa shape index (κ2) is 10.7. The fourth-order valence-corrected chi connectivity index (χ4v) is 4.75. The Bertz CT molecular complexity index is 1390. The highest BCUT2D eigenvalue weighted by Gasteiger charge is 2.48. The number of ether oxygens (including phenoxy) is 3. The number of nitrogens with two attached hydrogens (primary N) is 1. The third kappa shape index (κ3) is 5.17. The number of anilines is 1. The van der Waals surface area contributed by atoms with E-state index in [2.05, 4.69) is 9.97 Å². The first-order valence-corrected chi connectivity index (χ1v) is 13.7. The monoisotopic (exact) mass is 523 g/mol. The van der Waals surface area contributed by atoms with Gasteiger partial charge in [-0.2, -0.15) is 11.8 Å². The van der Waals surface area contributed by atoms with Crippen molar-refractivity contribution < 1.29 is 23.7 Å². The molecule has 37 heavy (non-hydrogen) atoms. The van der Waals surface area contributed by atoms with Crippen molar-refractivity contribution in [2.24, 2.45) is 0 Å². The smallest absolute Gasteiger partial charge is 0.193 e. The molecule has 4 atom stereocenters. The number of fused-ring (bicyclic) bond motifs is 2. The Labute approximate surface area is 219 Å². The number of aliphatic hydroxyl groups excluding tert-OH is 1. The van der Waals surface area contributed by atoms with E-state index >= 15 is 4.39 Å². The predicted molar refractivity (Wildman–Crippen MR) is 145 cm³/mol. The van der Waals surface area contributed by atoms with Crippen LogP contribution in [0.4, 0.5) is 10.1 Å². The summed E-state index contributed by atoms with van der Waals surface area (Å²) >= 11 is 1.75. The number of nitrogens with zero attached hydrogens (tertiary/aromatic N) is 1. The molecule has 2 aromatic heterocycles. The molecule has 0 amide bonds. The van der Waals surface area contributed by atoms with Crippen LogP contribution >= 0.6 is 11.8 Å². The lowest BCUT2D eigenvalue weighted by atomic mass is 9.97. The number of thioether (sulfide) groups is 1. The van der Waals surface area contributed by atoms with Gasteiger partial charge in [-0.05, 0) is 48.3 Å². The molecule has 2 fully saturated rings. The summed E-state index contributed by atoms with van der Waals surface area (Å²) in [6, 6.07) is 16.7. The predicted octanol–water partition coefficient (Wildman–Crippen LogP) is 4.81. The lowest BCUT2D eigenvalue weighted by molar-refractivity contribution is 0.00794. The maximum absolute atomic E-state index is 15.1. The van der Waals surface area contributed by atoms with Gasteiger partial charge in [-0.1, -0.05) is 30.3 Å². The van der Waals surface area contributed by atoms with Crippen LogP contribution in [0.5, 0.6) is 5.88 Å². The highest BCUT2D eigenvalue weighted by molar-refractivity contribution is 7.97. The van der Waals surface area contributed by atoms with Gasteiger partial charge in [0.05, 0.1) is 24.2 Å². The van der Waals surface area contributed by atoms with E-state index in [4.69, 9.17) is 19.9 Å². The Balaban J connectivity index is 0.000000892. The van der Waals surface area contributed by atoms with Crippen molar-refractivity contribution in [2.75, 3.05) is 31.5 Å². The molecule has 0 bridgehead atoms. The van der Waals surface area contributed by atoms with E-state index in [0.29, 0.717) is 29.2 Å². The lowest BCUT2D eigenvalue weighted by Gasteiger charge is -2.16. The third-order valence-corrected chi connectivity index (χ3v) is 6.52. The van der Waals surface area contributed by atoms with Crippen LogP contribution in [0, 0.1) is 12.7 Å². The second-order valence-electron chi connectivity index (χ2n) is 9.26. The van der Waals surface area contributed by atoms with Gasteiger partial charge in [0, 0.05) is 23.4 Å². The number of hydrogen-bond donors (Lipinski definition) is 3. The maximum Gasteiger partial charge on any atom is 0.193 e. The molecule has 0 spiro atoms. The number of nitrogen functional groups attached to an aromatic ring is 1. The molecular weight excluding hydrogens is 493 g/mol. The molecule has 2 aliphatic heterocycles. The first kappa shape index (κ1) is 25.5. The number of H-pyrrole nitrogens is 1. The number of nitrogens with one attached hydrogen (secondary N) is 1. The summed E-state index contributed by atoms with van der Waals surface area (Å²) in [5.74, 6) is 0.0319. The van der Waals surface area contributed by atoms with Crippen LogP contribution in [-0.4, -0.2) is 65.2 Å². The Morgan fingerprint density at radius 1 is 1.03 bits per heavy atom. The highest BCUT2D eigenvalue weighted by atomic mass is 32.2. The molecule has 0 aliphatic carbocycles. The zero-order valence-electron chi connectivity index (χ0n) is 20.9. The third-order valence-electron chi connectivity index (χ3n) is 6.52. The summed E-state index contributed by atoms with van der Waals surface area (Å²) < 4.78 is 32.3. The standard InChI is InChI=1S/C26H24FN3O4.C2H6S/c1-13-8-15(14-2-5-16(28)6-3-14)4-7-17(13)24-18(27)9-19-20(30-24)10-23(29-19)34-22-12-33-25-21(31)11-32-26(22)25;1-3-2/h2-10,21-22,25-26,29,31H,11-12,28H2,1H3;1-2H3/t21?,22?,25-,26-;/m1./s1. The quantitative estimate of drug-likeness (QED) is 0.330. The molecule has 2 unspecified atom stereocenters. The van der Waals surface area contributed by atoms with E-state index in [0.717, 1.165) is 22.3 Å². The van der Waals surface area contributed by atoms with E-state index in [1.165, 1.54) is 6.07 Å². The molecule has 4 N–H and O–H groups in total. The van der Waals surface area contributed by atoms with Gasteiger partial charge >= 0.3 is 0 Å². The minimum Gasteiger partial charge on any atom is -0.470 e. The highest BCUT2D eigenvalue weighted by Crippen LogP contribution is 2.33. The van der Waals surface area contributed by atoms with E-state index in [1.54, 1.807) is 17.8 Å². The number of pyridine rings is 1. The number of halogens is 1. The first-order chi connectivity index (χ1) is 17.9. The summed E-state index contributed by atoms with van der Waals surface area (Å²) in [7, 11) is 0. The van der Waals surface area contributed by atoms with Crippen LogP contribution < -0.4 is 10.5 Å². The fourth-order valence-electron chi connectivity index (χ4n) is 4.75. The Kier molecular flexibility index (Phi) is 7.39. The first-order valence-electron chi connectivity index (χ1n) is 12.0. The van der Waals surface area contributed by atoms with Crippen molar-refractivity contribution >= 4 is 28.5 Å². The van der Waals surface area contributed by atoms with Gasteiger partial charge in [-0.25, -0.2) is 9.37 Å². The van der Waals surface area contributed by atoms with Gasteiger partial charge in [-0.3, -0.25) is 0 Å². The summed E-state index contributed by atoms with van der Waals surface area (Å²) in [4.78, 5) is 7.66. The Hall–Kier alpha value is -3.11. The molecule has 2 aliphatic rings. The van der Waals surface area contributed by atoms with E-state index in [-0.39, 0.29) is 30.6 Å². The molecule has 0 radical (unpaired) electrons. The SMILES string of the molecule is CSC.Cc1cc(-c2ccc(N)cc2)ccc1-c1nc2cc(OC3CO[C@@H]4C(O)CO[C@H]34)[nH]c2cc1F. The number of aryl methyl sites for hydroxylation is 1. The van der Waals surface area contributed by atoms with Crippen LogP contribution in [-0.2, 0) is 9.47 Å². The summed E-state index contributed by atoms with van der Waals surface area (Å²) in [6.45, 7) is 2.49. The molecule has 2 aromatic carbocycles. The van der Waals surface area contributed by atoms with E-state index in [9.17, 15) is 5.11 Å². The number of aliphatic hydroxyl groups is 1. The molecule has 194 valence electrons. The average molecular weight is 524 g/mol. The van der Waals surface area contributed by atoms with Crippen LogP contribution in [0.2, 0.25) is 0 Å². The minimum absolute atomic E-state index is 0.231.